The molecule has 0 spiro atoms. The lowest BCUT2D eigenvalue weighted by atomic mass is 9.96. The maximum atomic E-state index is 5.75. The maximum absolute atomic E-state index is 5.75. The van der Waals surface area contributed by atoms with E-state index in [-0.39, 0.29) is 12.1 Å². The molecule has 1 aliphatic rings. The highest BCUT2D eigenvalue weighted by Crippen LogP contribution is 2.41. The minimum Gasteiger partial charge on any atom is -0.383 e. The molecule has 0 radical (unpaired) electrons. The Morgan fingerprint density at radius 3 is 2.61 bits per heavy atom. The van der Waals surface area contributed by atoms with Gasteiger partial charge in [0.05, 0.1) is 24.4 Å². The Kier molecular flexibility index (Phi) is 6.12. The summed E-state index contributed by atoms with van der Waals surface area (Å²) in [5, 5.41) is 4.27. The summed E-state index contributed by atoms with van der Waals surface area (Å²) in [7, 11) is 1.73. The fourth-order valence-corrected chi connectivity index (χ4v) is 4.94. The van der Waals surface area contributed by atoms with Gasteiger partial charge in [-0.1, -0.05) is 18.2 Å². The smallest absolute Gasteiger partial charge is 0.170 e. The minimum atomic E-state index is -0.0156. The molecule has 2 aromatic heterocycles. The van der Waals surface area contributed by atoms with E-state index in [1.165, 1.54) is 33.8 Å². The summed E-state index contributed by atoms with van der Waals surface area (Å²) in [5.74, 6) is 0. The van der Waals surface area contributed by atoms with Crippen LogP contribution in [-0.4, -0.2) is 39.8 Å². The van der Waals surface area contributed by atoms with Gasteiger partial charge in [-0.15, -0.1) is 0 Å². The lowest BCUT2D eigenvalue weighted by Gasteiger charge is -2.28. The molecule has 0 bridgehead atoms. The van der Waals surface area contributed by atoms with E-state index in [2.05, 4.69) is 77.8 Å². The highest BCUT2D eigenvalue weighted by Gasteiger charge is 2.41. The molecule has 3 heterocycles. The quantitative estimate of drug-likeness (QED) is 0.569. The first-order chi connectivity index (χ1) is 14.9. The number of nitrogens with zero attached hydrogens (tertiary/aromatic N) is 3. The first kappa shape index (κ1) is 21.5. The van der Waals surface area contributed by atoms with Crippen LogP contribution < -0.4 is 5.32 Å². The fourth-order valence-electron chi connectivity index (χ4n) is 4.61. The van der Waals surface area contributed by atoms with Crippen LogP contribution in [0.25, 0.3) is 5.69 Å². The molecule has 1 fully saturated rings. The van der Waals surface area contributed by atoms with Crippen LogP contribution in [0, 0.1) is 27.7 Å². The second-order valence-electron chi connectivity index (χ2n) is 8.19. The number of pyridine rings is 1. The molecule has 0 amide bonds. The molecule has 0 aliphatic carbocycles. The van der Waals surface area contributed by atoms with Crippen LogP contribution in [0.2, 0.25) is 0 Å². The lowest BCUT2D eigenvalue weighted by Crippen LogP contribution is -2.32. The number of aromatic nitrogens is 2. The molecule has 0 unspecified atom stereocenters. The van der Waals surface area contributed by atoms with Gasteiger partial charge in [0.2, 0.25) is 0 Å². The van der Waals surface area contributed by atoms with E-state index < -0.39 is 0 Å². The van der Waals surface area contributed by atoms with E-state index in [9.17, 15) is 0 Å². The Morgan fingerprint density at radius 1 is 1.10 bits per heavy atom. The zero-order chi connectivity index (χ0) is 22.1. The molecule has 1 aromatic carbocycles. The van der Waals surface area contributed by atoms with Crippen LogP contribution in [-0.2, 0) is 4.74 Å². The van der Waals surface area contributed by atoms with Gasteiger partial charge in [-0.25, -0.2) is 0 Å². The van der Waals surface area contributed by atoms with E-state index >= 15 is 0 Å². The van der Waals surface area contributed by atoms with Gasteiger partial charge in [-0.05, 0) is 80.9 Å². The average molecular weight is 435 g/mol. The lowest BCUT2D eigenvalue weighted by molar-refractivity contribution is 0.164. The van der Waals surface area contributed by atoms with Gasteiger partial charge < -0.3 is 19.5 Å². The van der Waals surface area contributed by atoms with Crippen molar-refractivity contribution in [2.45, 2.75) is 39.8 Å². The van der Waals surface area contributed by atoms with Crippen molar-refractivity contribution in [3.8, 4) is 5.69 Å². The van der Waals surface area contributed by atoms with Crippen molar-refractivity contribution in [1.29, 1.82) is 0 Å². The van der Waals surface area contributed by atoms with Crippen molar-refractivity contribution in [3.63, 3.8) is 0 Å². The molecule has 6 heteroatoms. The SMILES string of the molecule is COCCN1C(=S)N[C@H](c2ccccn2)[C@H]1c1cc(C)n(-c2cccc(C)c2C)c1C. The zero-order valence-electron chi connectivity index (χ0n) is 18.8. The van der Waals surface area contributed by atoms with E-state index in [0.29, 0.717) is 6.61 Å². The van der Waals surface area contributed by atoms with Crippen LogP contribution in [0.5, 0.6) is 0 Å². The van der Waals surface area contributed by atoms with Crippen molar-refractivity contribution < 1.29 is 4.74 Å². The molecule has 1 saturated heterocycles. The third kappa shape index (κ3) is 3.86. The molecule has 4 rings (SSSR count). The second kappa shape index (κ2) is 8.81. The molecule has 3 aromatic rings. The van der Waals surface area contributed by atoms with Crippen LogP contribution >= 0.6 is 12.2 Å². The molecular weight excluding hydrogens is 404 g/mol. The van der Waals surface area contributed by atoms with Gasteiger partial charge in [-0.3, -0.25) is 4.98 Å². The normalized spacial score (nSPS) is 18.5. The number of hydrogen-bond acceptors (Lipinski definition) is 3. The van der Waals surface area contributed by atoms with Crippen molar-refractivity contribution in [3.05, 3.63) is 82.4 Å². The van der Waals surface area contributed by atoms with Gasteiger partial charge in [0, 0.05) is 36.9 Å². The zero-order valence-corrected chi connectivity index (χ0v) is 19.7. The molecule has 5 nitrogen and oxygen atoms in total. The summed E-state index contributed by atoms with van der Waals surface area (Å²) in [6.45, 7) is 10.1. The number of rotatable bonds is 6. The topological polar surface area (TPSA) is 42.3 Å². The fraction of sp³-hybridized carbons (Fsp3) is 0.360. The first-order valence-corrected chi connectivity index (χ1v) is 11.1. The summed E-state index contributed by atoms with van der Waals surface area (Å²) in [5.41, 5.74) is 8.52. The van der Waals surface area contributed by atoms with Gasteiger partial charge in [0.1, 0.15) is 0 Å². The Labute approximate surface area is 190 Å². The van der Waals surface area contributed by atoms with Crippen molar-refractivity contribution in [2.24, 2.45) is 0 Å². The summed E-state index contributed by atoms with van der Waals surface area (Å²) in [6.07, 6.45) is 1.84. The van der Waals surface area contributed by atoms with Crippen LogP contribution in [0.1, 0.15) is 45.9 Å². The van der Waals surface area contributed by atoms with Crippen LogP contribution in [0.15, 0.2) is 48.7 Å². The van der Waals surface area contributed by atoms with Crippen molar-refractivity contribution >= 4 is 17.3 Å². The van der Waals surface area contributed by atoms with Gasteiger partial charge in [0.25, 0.3) is 0 Å². The Balaban J connectivity index is 1.84. The minimum absolute atomic E-state index is 0.0156. The number of ether oxygens (including phenoxy) is 1. The summed E-state index contributed by atoms with van der Waals surface area (Å²) in [6, 6.07) is 14.9. The van der Waals surface area contributed by atoms with E-state index in [1.807, 2.05) is 18.3 Å². The Hall–Kier alpha value is -2.70. The number of aryl methyl sites for hydroxylation is 2. The van der Waals surface area contributed by atoms with Crippen LogP contribution in [0.4, 0.5) is 0 Å². The molecule has 2 atom stereocenters. The van der Waals surface area contributed by atoms with E-state index in [0.717, 1.165) is 17.4 Å². The summed E-state index contributed by atoms with van der Waals surface area (Å²) >= 11 is 5.75. The number of nitrogens with one attached hydrogen (secondary N) is 1. The highest BCUT2D eigenvalue weighted by molar-refractivity contribution is 7.80. The van der Waals surface area contributed by atoms with Gasteiger partial charge >= 0.3 is 0 Å². The second-order valence-corrected chi connectivity index (χ2v) is 8.58. The molecule has 31 heavy (non-hydrogen) atoms. The highest BCUT2D eigenvalue weighted by atomic mass is 32.1. The number of benzene rings is 1. The molecule has 1 N–H and O–H groups in total. The predicted molar refractivity (Wildman–Crippen MR) is 129 cm³/mol. The van der Waals surface area contributed by atoms with E-state index in [4.69, 9.17) is 17.0 Å². The summed E-state index contributed by atoms with van der Waals surface area (Å²) < 4.78 is 7.75. The van der Waals surface area contributed by atoms with Gasteiger partial charge in [-0.2, -0.15) is 0 Å². The van der Waals surface area contributed by atoms with Crippen LogP contribution in [0.3, 0.4) is 0 Å². The van der Waals surface area contributed by atoms with Crippen molar-refractivity contribution in [1.82, 2.24) is 19.8 Å². The third-order valence-corrected chi connectivity index (χ3v) is 6.69. The molecule has 0 saturated carbocycles. The number of methoxy groups -OCH3 is 1. The maximum Gasteiger partial charge on any atom is 0.170 e. The molecule has 1 aliphatic heterocycles. The third-order valence-electron chi connectivity index (χ3n) is 6.34. The summed E-state index contributed by atoms with van der Waals surface area (Å²) in [4.78, 5) is 6.89. The van der Waals surface area contributed by atoms with E-state index in [1.54, 1.807) is 7.11 Å². The number of hydrogen-bond donors (Lipinski definition) is 1. The largest absolute Gasteiger partial charge is 0.383 e. The monoisotopic (exact) mass is 434 g/mol. The van der Waals surface area contributed by atoms with Crippen molar-refractivity contribution in [2.75, 3.05) is 20.3 Å². The Morgan fingerprint density at radius 2 is 1.90 bits per heavy atom. The molecule has 162 valence electrons. The standard InChI is InChI=1S/C25H30N4OS/c1-16-9-8-11-22(18(16)3)29-17(2)15-20(19(29)4)24-23(21-10-6-7-12-26-21)27-25(31)28(24)13-14-30-5/h6-12,15,23-24H,13-14H2,1-5H3,(H,27,31)/t23-,24-/m1/s1. The average Bonchev–Trinajstić information content (AvgIpc) is 3.24. The predicted octanol–water partition coefficient (Wildman–Crippen LogP) is 4.72. The molecular formula is C25H30N4OS. The van der Waals surface area contributed by atoms with Gasteiger partial charge in [0.15, 0.2) is 5.11 Å². The Bertz CT molecular complexity index is 1090. The first-order valence-electron chi connectivity index (χ1n) is 10.7. The number of thiocarbonyl (C=S) groups is 1.